The lowest BCUT2D eigenvalue weighted by molar-refractivity contribution is -0.136. The van der Waals surface area contributed by atoms with E-state index in [0.29, 0.717) is 22.9 Å². The van der Waals surface area contributed by atoms with Crippen LogP contribution in [-0.4, -0.2) is 37.3 Å². The topological polar surface area (TPSA) is 77.4 Å². The molecular weight excluding hydrogens is 372 g/mol. The lowest BCUT2D eigenvalue weighted by Crippen LogP contribution is -2.40. The Hall–Kier alpha value is -3.35. The SMILES string of the molecule is COc1ccc(C2=NO[C@]3(CC(=O)N(c4ccc(C)c(C)c4)C3=O)C2)cc1OC. The maximum atomic E-state index is 13.2. The zero-order chi connectivity index (χ0) is 20.8. The summed E-state index contributed by atoms with van der Waals surface area (Å²) in [4.78, 5) is 32.7. The van der Waals surface area contributed by atoms with Crippen LogP contribution in [-0.2, 0) is 14.4 Å². The number of ether oxygens (including phenoxy) is 2. The summed E-state index contributed by atoms with van der Waals surface area (Å²) in [5.74, 6) is 0.477. The summed E-state index contributed by atoms with van der Waals surface area (Å²) >= 11 is 0. The first-order valence-corrected chi connectivity index (χ1v) is 9.30. The van der Waals surface area contributed by atoms with Crippen LogP contribution in [0.15, 0.2) is 41.6 Å². The first-order valence-electron chi connectivity index (χ1n) is 9.30. The first-order chi connectivity index (χ1) is 13.9. The molecule has 2 heterocycles. The molecule has 0 N–H and O–H groups in total. The average molecular weight is 394 g/mol. The van der Waals surface area contributed by atoms with Crippen LogP contribution in [0.2, 0.25) is 0 Å². The number of nitrogens with zero attached hydrogens (tertiary/aromatic N) is 2. The summed E-state index contributed by atoms with van der Waals surface area (Å²) in [5, 5.41) is 4.14. The third-order valence-corrected chi connectivity index (χ3v) is 5.53. The number of anilines is 1. The minimum Gasteiger partial charge on any atom is -0.493 e. The maximum absolute atomic E-state index is 13.2. The molecule has 2 amide bonds. The van der Waals surface area contributed by atoms with Gasteiger partial charge in [-0.3, -0.25) is 9.59 Å². The number of oxime groups is 1. The van der Waals surface area contributed by atoms with Gasteiger partial charge in [-0.05, 0) is 55.3 Å². The Morgan fingerprint density at radius 3 is 2.41 bits per heavy atom. The van der Waals surface area contributed by atoms with E-state index in [0.717, 1.165) is 16.7 Å². The van der Waals surface area contributed by atoms with E-state index >= 15 is 0 Å². The van der Waals surface area contributed by atoms with Gasteiger partial charge in [0.2, 0.25) is 11.5 Å². The highest BCUT2D eigenvalue weighted by molar-refractivity contribution is 6.25. The van der Waals surface area contributed by atoms with Crippen LogP contribution in [0.1, 0.15) is 29.5 Å². The average Bonchev–Trinajstić information content (AvgIpc) is 3.25. The Morgan fingerprint density at radius 2 is 1.72 bits per heavy atom. The molecular formula is C22H22N2O5. The quantitative estimate of drug-likeness (QED) is 0.745. The van der Waals surface area contributed by atoms with Gasteiger partial charge in [-0.25, -0.2) is 4.90 Å². The third-order valence-electron chi connectivity index (χ3n) is 5.53. The maximum Gasteiger partial charge on any atom is 0.281 e. The molecule has 7 nitrogen and oxygen atoms in total. The molecule has 0 aliphatic carbocycles. The zero-order valence-corrected chi connectivity index (χ0v) is 16.8. The fourth-order valence-electron chi connectivity index (χ4n) is 3.70. The molecule has 2 aliphatic rings. The standard InChI is InChI=1S/C22H22N2O5/c1-13-5-7-16(9-14(13)2)24-20(25)12-22(21(24)26)11-17(23-29-22)15-6-8-18(27-3)19(10-15)28-4/h5-10H,11-12H2,1-4H3/t22-/m0/s1. The summed E-state index contributed by atoms with van der Waals surface area (Å²) < 4.78 is 10.6. The van der Waals surface area contributed by atoms with Crippen molar-refractivity contribution in [1.82, 2.24) is 0 Å². The largest absolute Gasteiger partial charge is 0.493 e. The molecule has 1 fully saturated rings. The zero-order valence-electron chi connectivity index (χ0n) is 16.8. The Kier molecular flexibility index (Phi) is 4.53. The van der Waals surface area contributed by atoms with Crippen molar-refractivity contribution in [2.45, 2.75) is 32.3 Å². The van der Waals surface area contributed by atoms with Gasteiger partial charge in [0, 0.05) is 12.0 Å². The summed E-state index contributed by atoms with van der Waals surface area (Å²) in [7, 11) is 3.11. The van der Waals surface area contributed by atoms with Gasteiger partial charge < -0.3 is 14.3 Å². The van der Waals surface area contributed by atoms with Crippen LogP contribution in [0.4, 0.5) is 5.69 Å². The number of rotatable bonds is 4. The molecule has 0 radical (unpaired) electrons. The number of methoxy groups -OCH3 is 2. The molecule has 2 aromatic carbocycles. The van der Waals surface area contributed by atoms with Crippen molar-refractivity contribution >= 4 is 23.2 Å². The number of hydrogen-bond donors (Lipinski definition) is 0. The molecule has 0 bridgehead atoms. The van der Waals surface area contributed by atoms with Crippen molar-refractivity contribution in [3.8, 4) is 11.5 Å². The van der Waals surface area contributed by atoms with E-state index in [4.69, 9.17) is 14.3 Å². The number of imide groups is 1. The fraction of sp³-hybridized carbons (Fsp3) is 0.318. The number of hydrogen-bond acceptors (Lipinski definition) is 6. The molecule has 7 heteroatoms. The summed E-state index contributed by atoms with van der Waals surface area (Å²) in [5.41, 5.74) is 2.72. The van der Waals surface area contributed by atoms with Gasteiger partial charge in [0.15, 0.2) is 11.5 Å². The van der Waals surface area contributed by atoms with Gasteiger partial charge in [-0.15, -0.1) is 0 Å². The lowest BCUT2D eigenvalue weighted by atomic mass is 9.92. The van der Waals surface area contributed by atoms with Crippen LogP contribution in [0, 0.1) is 13.8 Å². The van der Waals surface area contributed by atoms with Crippen molar-refractivity contribution in [3.63, 3.8) is 0 Å². The van der Waals surface area contributed by atoms with Gasteiger partial charge in [-0.1, -0.05) is 11.2 Å². The van der Waals surface area contributed by atoms with Crippen molar-refractivity contribution in [1.29, 1.82) is 0 Å². The number of carbonyl (C=O) groups is 2. The van der Waals surface area contributed by atoms with Gasteiger partial charge >= 0.3 is 0 Å². The second kappa shape index (κ2) is 6.92. The minimum atomic E-state index is -1.29. The van der Waals surface area contributed by atoms with Gasteiger partial charge in [0.1, 0.15) is 0 Å². The second-order valence-corrected chi connectivity index (χ2v) is 7.35. The van der Waals surface area contributed by atoms with Crippen molar-refractivity contribution in [2.24, 2.45) is 5.16 Å². The van der Waals surface area contributed by atoms with Crippen LogP contribution < -0.4 is 14.4 Å². The number of amides is 2. The van der Waals surface area contributed by atoms with E-state index in [1.165, 1.54) is 4.90 Å². The van der Waals surface area contributed by atoms with E-state index in [1.807, 2.05) is 32.0 Å². The van der Waals surface area contributed by atoms with E-state index in [9.17, 15) is 9.59 Å². The number of carbonyl (C=O) groups excluding carboxylic acids is 2. The number of benzene rings is 2. The Bertz CT molecular complexity index is 1050. The summed E-state index contributed by atoms with van der Waals surface area (Å²) in [6, 6.07) is 10.9. The Labute approximate surface area is 168 Å². The van der Waals surface area contributed by atoms with Crippen LogP contribution >= 0.6 is 0 Å². The van der Waals surface area contributed by atoms with E-state index in [-0.39, 0.29) is 24.7 Å². The van der Waals surface area contributed by atoms with Crippen molar-refractivity contribution in [3.05, 3.63) is 53.1 Å². The second-order valence-electron chi connectivity index (χ2n) is 7.35. The monoisotopic (exact) mass is 394 g/mol. The van der Waals surface area contributed by atoms with Crippen LogP contribution in [0.3, 0.4) is 0 Å². The molecule has 150 valence electrons. The predicted molar refractivity (Wildman–Crippen MR) is 108 cm³/mol. The molecule has 1 saturated heterocycles. The smallest absolute Gasteiger partial charge is 0.281 e. The van der Waals surface area contributed by atoms with E-state index in [1.54, 1.807) is 32.4 Å². The molecule has 29 heavy (non-hydrogen) atoms. The van der Waals surface area contributed by atoms with Crippen molar-refractivity contribution < 1.29 is 23.9 Å². The molecule has 2 aliphatic heterocycles. The first kappa shape index (κ1) is 19.0. The highest BCUT2D eigenvalue weighted by atomic mass is 16.7. The van der Waals surface area contributed by atoms with Crippen molar-refractivity contribution in [2.75, 3.05) is 19.1 Å². The Balaban J connectivity index is 1.60. The number of aryl methyl sites for hydroxylation is 2. The van der Waals surface area contributed by atoms with Gasteiger partial charge in [-0.2, -0.15) is 0 Å². The van der Waals surface area contributed by atoms with Gasteiger partial charge in [0.25, 0.3) is 5.91 Å². The molecule has 1 spiro atoms. The van der Waals surface area contributed by atoms with E-state index < -0.39 is 5.60 Å². The molecule has 0 unspecified atom stereocenters. The van der Waals surface area contributed by atoms with Crippen LogP contribution in [0.25, 0.3) is 0 Å². The molecule has 0 aromatic heterocycles. The Morgan fingerprint density at radius 1 is 0.966 bits per heavy atom. The normalized spacial score (nSPS) is 20.8. The van der Waals surface area contributed by atoms with Gasteiger partial charge in [0.05, 0.1) is 32.0 Å². The fourth-order valence-corrected chi connectivity index (χ4v) is 3.70. The van der Waals surface area contributed by atoms with E-state index in [2.05, 4.69) is 5.16 Å². The molecule has 2 aromatic rings. The molecule has 1 atom stereocenters. The lowest BCUT2D eigenvalue weighted by Gasteiger charge is -2.20. The predicted octanol–water partition coefficient (Wildman–Crippen LogP) is 3.15. The third kappa shape index (κ3) is 3.03. The van der Waals surface area contributed by atoms with Crippen LogP contribution in [0.5, 0.6) is 11.5 Å². The highest BCUT2D eigenvalue weighted by Crippen LogP contribution is 2.40. The summed E-state index contributed by atoms with van der Waals surface area (Å²) in [6.45, 7) is 3.93. The molecule has 0 saturated carbocycles. The minimum absolute atomic E-state index is 0.0426. The molecule has 4 rings (SSSR count). The highest BCUT2D eigenvalue weighted by Gasteiger charge is 2.58. The summed E-state index contributed by atoms with van der Waals surface area (Å²) in [6.07, 6.45) is 0.174.